The van der Waals surface area contributed by atoms with E-state index < -0.39 is 6.10 Å². The van der Waals surface area contributed by atoms with Crippen molar-refractivity contribution < 1.29 is 9.84 Å². The number of nitrogens with zero attached hydrogens (tertiary/aromatic N) is 4. The number of aryl methyl sites for hydroxylation is 2. The smallest absolute Gasteiger partial charge is 0.212 e. The van der Waals surface area contributed by atoms with Crippen molar-refractivity contribution in [1.82, 2.24) is 20.2 Å². The Labute approximate surface area is 105 Å². The fourth-order valence-corrected chi connectivity index (χ4v) is 1.64. The zero-order valence-electron chi connectivity index (χ0n) is 10.7. The number of aliphatic hydroxyl groups excluding tert-OH is 1. The molecule has 1 heterocycles. The first-order valence-electron chi connectivity index (χ1n) is 5.70. The highest BCUT2D eigenvalue weighted by Gasteiger charge is 2.10. The summed E-state index contributed by atoms with van der Waals surface area (Å²) in [6, 6.07) is 5.69. The Kier molecular flexibility index (Phi) is 3.57. The van der Waals surface area contributed by atoms with Crippen molar-refractivity contribution in [1.29, 1.82) is 0 Å². The van der Waals surface area contributed by atoms with E-state index in [4.69, 9.17) is 4.74 Å². The molecule has 2 rings (SSSR count). The molecule has 0 amide bonds. The van der Waals surface area contributed by atoms with Crippen LogP contribution in [-0.4, -0.2) is 25.3 Å². The van der Waals surface area contributed by atoms with Crippen molar-refractivity contribution in [2.24, 2.45) is 7.05 Å². The minimum Gasteiger partial charge on any atom is -0.485 e. The van der Waals surface area contributed by atoms with E-state index in [-0.39, 0.29) is 6.61 Å². The van der Waals surface area contributed by atoms with Gasteiger partial charge in [-0.1, -0.05) is 12.1 Å². The summed E-state index contributed by atoms with van der Waals surface area (Å²) in [6.45, 7) is 3.91. The second-order valence-electron chi connectivity index (χ2n) is 4.20. The summed E-state index contributed by atoms with van der Waals surface area (Å²) in [5, 5.41) is 21.3. The van der Waals surface area contributed by atoms with Gasteiger partial charge in [0.1, 0.15) is 5.75 Å². The summed E-state index contributed by atoms with van der Waals surface area (Å²) in [4.78, 5) is 1.38. The number of aromatic nitrogens is 4. The van der Waals surface area contributed by atoms with E-state index in [0.29, 0.717) is 11.6 Å². The molecule has 2 aromatic rings. The number of tetrazole rings is 1. The highest BCUT2D eigenvalue weighted by atomic mass is 16.5. The Balaban J connectivity index is 2.15. The first-order chi connectivity index (χ1) is 8.56. The molecule has 1 aromatic carbocycles. The SMILES string of the molecule is Cc1ccc([C@@H](C)O)c(OCc2nnn(C)n2)c1. The minimum absolute atomic E-state index is 0.233. The van der Waals surface area contributed by atoms with Crippen LogP contribution in [0.15, 0.2) is 18.2 Å². The Bertz CT molecular complexity index is 537. The summed E-state index contributed by atoms with van der Waals surface area (Å²) in [6.07, 6.45) is -0.574. The molecule has 6 heteroatoms. The van der Waals surface area contributed by atoms with Crippen LogP contribution in [0.1, 0.15) is 30.0 Å². The highest BCUT2D eigenvalue weighted by Crippen LogP contribution is 2.26. The summed E-state index contributed by atoms with van der Waals surface area (Å²) < 4.78 is 5.64. The third-order valence-corrected chi connectivity index (χ3v) is 2.53. The van der Waals surface area contributed by atoms with Gasteiger partial charge in [-0.2, -0.15) is 4.80 Å². The van der Waals surface area contributed by atoms with Gasteiger partial charge in [-0.25, -0.2) is 0 Å². The van der Waals surface area contributed by atoms with Crippen molar-refractivity contribution in [2.75, 3.05) is 0 Å². The van der Waals surface area contributed by atoms with Gasteiger partial charge in [0.2, 0.25) is 5.82 Å². The quantitative estimate of drug-likeness (QED) is 0.878. The molecule has 18 heavy (non-hydrogen) atoms. The van der Waals surface area contributed by atoms with E-state index in [2.05, 4.69) is 15.4 Å². The van der Waals surface area contributed by atoms with Crippen LogP contribution < -0.4 is 4.74 Å². The number of hydrogen-bond donors (Lipinski definition) is 1. The van der Waals surface area contributed by atoms with Crippen molar-refractivity contribution in [2.45, 2.75) is 26.6 Å². The lowest BCUT2D eigenvalue weighted by atomic mass is 10.1. The summed E-state index contributed by atoms with van der Waals surface area (Å²) in [5.41, 5.74) is 1.82. The maximum Gasteiger partial charge on any atom is 0.212 e. The lowest BCUT2D eigenvalue weighted by Crippen LogP contribution is -2.03. The number of hydrogen-bond acceptors (Lipinski definition) is 5. The molecule has 0 fully saturated rings. The Morgan fingerprint density at radius 1 is 1.44 bits per heavy atom. The zero-order chi connectivity index (χ0) is 13.1. The van der Waals surface area contributed by atoms with Crippen LogP contribution in [0.4, 0.5) is 0 Å². The van der Waals surface area contributed by atoms with Gasteiger partial charge >= 0.3 is 0 Å². The second kappa shape index (κ2) is 5.14. The molecule has 0 unspecified atom stereocenters. The van der Waals surface area contributed by atoms with Crippen LogP contribution >= 0.6 is 0 Å². The molecule has 1 atom stereocenters. The molecule has 0 spiro atoms. The molecular weight excluding hydrogens is 232 g/mol. The molecule has 0 saturated carbocycles. The van der Waals surface area contributed by atoms with Crippen LogP contribution in [0, 0.1) is 6.92 Å². The normalized spacial score (nSPS) is 12.4. The number of ether oxygens (including phenoxy) is 1. The summed E-state index contributed by atoms with van der Waals surface area (Å²) >= 11 is 0. The number of benzene rings is 1. The van der Waals surface area contributed by atoms with E-state index in [1.807, 2.05) is 25.1 Å². The van der Waals surface area contributed by atoms with Crippen molar-refractivity contribution in [3.05, 3.63) is 35.2 Å². The average Bonchev–Trinajstić information content (AvgIpc) is 2.72. The monoisotopic (exact) mass is 248 g/mol. The molecule has 0 bridgehead atoms. The second-order valence-corrected chi connectivity index (χ2v) is 4.20. The molecule has 1 aromatic heterocycles. The highest BCUT2D eigenvalue weighted by molar-refractivity contribution is 5.38. The van der Waals surface area contributed by atoms with Crippen LogP contribution in [0.3, 0.4) is 0 Å². The fourth-order valence-electron chi connectivity index (χ4n) is 1.64. The largest absolute Gasteiger partial charge is 0.485 e. The molecule has 0 saturated heterocycles. The van der Waals surface area contributed by atoms with Gasteiger partial charge < -0.3 is 9.84 Å². The third-order valence-electron chi connectivity index (χ3n) is 2.53. The first-order valence-corrected chi connectivity index (χ1v) is 5.70. The van der Waals surface area contributed by atoms with Crippen LogP contribution in [0.25, 0.3) is 0 Å². The van der Waals surface area contributed by atoms with Gasteiger partial charge in [0.15, 0.2) is 6.61 Å². The van der Waals surface area contributed by atoms with E-state index in [0.717, 1.165) is 11.1 Å². The van der Waals surface area contributed by atoms with E-state index in [1.165, 1.54) is 4.80 Å². The molecule has 6 nitrogen and oxygen atoms in total. The van der Waals surface area contributed by atoms with Crippen molar-refractivity contribution in [3.8, 4) is 5.75 Å². The van der Waals surface area contributed by atoms with Crippen molar-refractivity contribution in [3.63, 3.8) is 0 Å². The first kappa shape index (κ1) is 12.5. The Morgan fingerprint density at radius 2 is 2.22 bits per heavy atom. The molecule has 0 radical (unpaired) electrons. The number of aliphatic hydroxyl groups is 1. The molecule has 0 aliphatic carbocycles. The molecule has 1 N–H and O–H groups in total. The minimum atomic E-state index is -0.574. The standard InChI is InChI=1S/C12H16N4O2/c1-8-4-5-10(9(2)17)11(6-8)18-7-12-13-15-16(3)14-12/h4-6,9,17H,7H2,1-3H3/t9-/m1/s1. The maximum atomic E-state index is 9.67. The molecule has 0 aliphatic heterocycles. The van der Waals surface area contributed by atoms with Crippen LogP contribution in [0.2, 0.25) is 0 Å². The summed E-state index contributed by atoms with van der Waals surface area (Å²) in [7, 11) is 1.70. The van der Waals surface area contributed by atoms with E-state index in [1.54, 1.807) is 14.0 Å². The zero-order valence-corrected chi connectivity index (χ0v) is 10.7. The average molecular weight is 248 g/mol. The van der Waals surface area contributed by atoms with Gasteiger partial charge in [-0.3, -0.25) is 0 Å². The topological polar surface area (TPSA) is 73.1 Å². The summed E-state index contributed by atoms with van der Waals surface area (Å²) in [5.74, 6) is 1.16. The predicted octanol–water partition coefficient (Wildman–Crippen LogP) is 1.15. The van der Waals surface area contributed by atoms with E-state index in [9.17, 15) is 5.11 Å². The van der Waals surface area contributed by atoms with Crippen LogP contribution in [0.5, 0.6) is 5.75 Å². The van der Waals surface area contributed by atoms with Gasteiger partial charge in [-0.05, 0) is 30.7 Å². The fraction of sp³-hybridized carbons (Fsp3) is 0.417. The number of rotatable bonds is 4. The molecule has 0 aliphatic rings. The van der Waals surface area contributed by atoms with Crippen molar-refractivity contribution >= 4 is 0 Å². The molecule has 96 valence electrons. The van der Waals surface area contributed by atoms with Gasteiger partial charge in [-0.15, -0.1) is 10.2 Å². The lowest BCUT2D eigenvalue weighted by Gasteiger charge is -2.13. The van der Waals surface area contributed by atoms with Gasteiger partial charge in [0.05, 0.1) is 13.2 Å². The Hall–Kier alpha value is -1.95. The van der Waals surface area contributed by atoms with Gasteiger partial charge in [0.25, 0.3) is 0 Å². The predicted molar refractivity (Wildman–Crippen MR) is 64.9 cm³/mol. The van der Waals surface area contributed by atoms with Crippen LogP contribution in [-0.2, 0) is 13.7 Å². The lowest BCUT2D eigenvalue weighted by molar-refractivity contribution is 0.189. The van der Waals surface area contributed by atoms with Gasteiger partial charge in [0, 0.05) is 5.56 Å². The third kappa shape index (κ3) is 2.84. The maximum absolute atomic E-state index is 9.67. The van der Waals surface area contributed by atoms with E-state index >= 15 is 0 Å². The Morgan fingerprint density at radius 3 is 2.83 bits per heavy atom. The molecular formula is C12H16N4O2.